The summed E-state index contributed by atoms with van der Waals surface area (Å²) < 4.78 is 2.47. The Morgan fingerprint density at radius 1 is 0.483 bits per heavy atom. The molecule has 0 amide bonds. The maximum atomic E-state index is 2.47. The van der Waals surface area contributed by atoms with Crippen molar-refractivity contribution in [2.24, 2.45) is 0 Å². The molecule has 4 nitrogen and oxygen atoms in total. The predicted octanol–water partition coefficient (Wildman–Crippen LogP) is 13.8. The van der Waals surface area contributed by atoms with Gasteiger partial charge in [0, 0.05) is 71.8 Å². The molecule has 0 fully saturated rings. The monoisotopic (exact) mass is 782 g/mol. The van der Waals surface area contributed by atoms with Crippen molar-refractivity contribution in [1.29, 1.82) is 0 Å². The summed E-state index contributed by atoms with van der Waals surface area (Å²) in [5.74, 6) is 0. The van der Waals surface area contributed by atoms with Crippen molar-refractivity contribution < 1.29 is 4.58 Å². The fourth-order valence-corrected chi connectivity index (χ4v) is 7.81. The van der Waals surface area contributed by atoms with Crippen molar-refractivity contribution in [2.75, 3.05) is 70.6 Å². The Kier molecular flexibility index (Phi) is 20.5. The molecule has 0 aromatic heterocycles. The zero-order valence-electron chi connectivity index (χ0n) is 37.8. The smallest absolute Gasteiger partial charge is 0.207 e. The second-order valence-electron chi connectivity index (χ2n) is 16.9. The van der Waals surface area contributed by atoms with Crippen LogP contribution in [0.1, 0.15) is 126 Å². The van der Waals surface area contributed by atoms with Crippen LogP contribution in [-0.4, -0.2) is 66.2 Å². The van der Waals surface area contributed by atoms with Crippen LogP contribution in [0.4, 0.5) is 17.1 Å². The molecule has 0 saturated heterocycles. The van der Waals surface area contributed by atoms with Crippen molar-refractivity contribution in [3.8, 4) is 0 Å². The van der Waals surface area contributed by atoms with Crippen molar-refractivity contribution in [3.63, 3.8) is 0 Å². The summed E-state index contributed by atoms with van der Waals surface area (Å²) in [7, 11) is 14.8. The van der Waals surface area contributed by atoms with Gasteiger partial charge in [-0.15, -0.1) is 0 Å². The third-order valence-corrected chi connectivity index (χ3v) is 11.6. The molecule has 1 aliphatic rings. The average molecular weight is 782 g/mol. The zero-order valence-corrected chi connectivity index (χ0v) is 37.8. The summed E-state index contributed by atoms with van der Waals surface area (Å²) >= 11 is 0. The van der Waals surface area contributed by atoms with E-state index < -0.39 is 0 Å². The van der Waals surface area contributed by atoms with Gasteiger partial charge in [-0.05, 0) is 76.7 Å². The summed E-state index contributed by atoms with van der Waals surface area (Å²) in [5.41, 5.74) is 12.2. The number of benzene rings is 3. The largest absolute Gasteiger partial charge is 0.378 e. The first-order chi connectivity index (χ1) is 28.2. The SMILES string of the molecule is CCCCCCCCCCCCCCCCCC[N+](C)=C1C=CC=CC1=C(/C=C/C=C(c1ccc(N(C)C)cc1)c1ccc(N(C)C)cc1)c1ccc(N(C)C)cc1. The van der Waals surface area contributed by atoms with E-state index >= 15 is 0 Å². The summed E-state index contributed by atoms with van der Waals surface area (Å²) in [6.45, 7) is 3.36. The van der Waals surface area contributed by atoms with E-state index in [0.717, 1.165) is 6.54 Å². The van der Waals surface area contributed by atoms with Gasteiger partial charge >= 0.3 is 0 Å². The van der Waals surface area contributed by atoms with Gasteiger partial charge in [0.1, 0.15) is 13.6 Å². The zero-order chi connectivity index (χ0) is 41.5. The van der Waals surface area contributed by atoms with Gasteiger partial charge in [0.2, 0.25) is 5.71 Å². The van der Waals surface area contributed by atoms with E-state index in [1.54, 1.807) is 0 Å². The number of hydrogen-bond acceptors (Lipinski definition) is 3. The molecule has 0 saturated carbocycles. The van der Waals surface area contributed by atoms with E-state index in [2.05, 4.69) is 191 Å². The fourth-order valence-electron chi connectivity index (χ4n) is 7.81. The van der Waals surface area contributed by atoms with Gasteiger partial charge in [0.25, 0.3) is 0 Å². The molecule has 0 spiro atoms. The van der Waals surface area contributed by atoms with Gasteiger partial charge in [0.15, 0.2) is 0 Å². The highest BCUT2D eigenvalue weighted by Gasteiger charge is 2.19. The van der Waals surface area contributed by atoms with Crippen molar-refractivity contribution >= 4 is 33.9 Å². The minimum absolute atomic E-state index is 1.06. The number of allylic oxidation sites excluding steroid dienone is 9. The lowest BCUT2D eigenvalue weighted by molar-refractivity contribution is -0.496. The van der Waals surface area contributed by atoms with Gasteiger partial charge in [0.05, 0.1) is 5.57 Å². The number of rotatable bonds is 25. The first kappa shape index (κ1) is 46.1. The molecule has 58 heavy (non-hydrogen) atoms. The molecule has 1 aliphatic carbocycles. The van der Waals surface area contributed by atoms with Crippen LogP contribution in [0.2, 0.25) is 0 Å². The van der Waals surface area contributed by atoms with Gasteiger partial charge in [-0.3, -0.25) is 0 Å². The second-order valence-corrected chi connectivity index (χ2v) is 16.9. The lowest BCUT2D eigenvalue weighted by Crippen LogP contribution is -2.20. The molecule has 4 heteroatoms. The summed E-state index contributed by atoms with van der Waals surface area (Å²) in [5, 5.41) is 0. The van der Waals surface area contributed by atoms with Crippen LogP contribution >= 0.6 is 0 Å². The van der Waals surface area contributed by atoms with E-state index in [1.165, 1.54) is 159 Å². The number of nitrogens with zero attached hydrogens (tertiary/aromatic N) is 4. The van der Waals surface area contributed by atoms with Crippen LogP contribution < -0.4 is 14.7 Å². The van der Waals surface area contributed by atoms with Crippen molar-refractivity contribution in [3.05, 3.63) is 138 Å². The summed E-state index contributed by atoms with van der Waals surface area (Å²) in [4.78, 5) is 6.46. The first-order valence-electron chi connectivity index (χ1n) is 22.6. The van der Waals surface area contributed by atoms with Crippen LogP contribution in [0, 0.1) is 0 Å². The molecule has 0 radical (unpaired) electrons. The Balaban J connectivity index is 1.48. The molecule has 0 N–H and O–H groups in total. The van der Waals surface area contributed by atoms with Crippen LogP contribution in [0.15, 0.2) is 121 Å². The normalized spacial score (nSPS) is 14.2. The Morgan fingerprint density at radius 2 is 0.862 bits per heavy atom. The molecule has 0 heterocycles. The Bertz CT molecular complexity index is 1760. The molecular weight excluding hydrogens is 705 g/mol. The number of hydrogen-bond donors (Lipinski definition) is 0. The Labute approximate surface area is 355 Å². The van der Waals surface area contributed by atoms with Crippen LogP contribution in [0.5, 0.6) is 0 Å². The molecule has 0 bridgehead atoms. The second kappa shape index (κ2) is 25.7. The molecule has 3 aromatic rings. The highest BCUT2D eigenvalue weighted by molar-refractivity contribution is 6.14. The average Bonchev–Trinajstić information content (AvgIpc) is 3.23. The van der Waals surface area contributed by atoms with Crippen molar-refractivity contribution in [2.45, 2.75) is 110 Å². The highest BCUT2D eigenvalue weighted by atomic mass is 15.1. The minimum Gasteiger partial charge on any atom is -0.378 e. The van der Waals surface area contributed by atoms with Gasteiger partial charge in [-0.1, -0.05) is 164 Å². The third kappa shape index (κ3) is 15.3. The van der Waals surface area contributed by atoms with E-state index in [9.17, 15) is 0 Å². The minimum atomic E-state index is 1.06. The van der Waals surface area contributed by atoms with E-state index in [-0.39, 0.29) is 0 Å². The summed E-state index contributed by atoms with van der Waals surface area (Å²) in [6.07, 6.45) is 38.1. The molecule has 3 aromatic carbocycles. The highest BCUT2D eigenvalue weighted by Crippen LogP contribution is 2.30. The van der Waals surface area contributed by atoms with Crippen LogP contribution in [0.3, 0.4) is 0 Å². The third-order valence-electron chi connectivity index (χ3n) is 11.6. The number of anilines is 3. The maximum absolute atomic E-state index is 2.47. The summed E-state index contributed by atoms with van der Waals surface area (Å²) in [6, 6.07) is 26.8. The van der Waals surface area contributed by atoms with E-state index in [1.807, 2.05) is 0 Å². The van der Waals surface area contributed by atoms with Crippen LogP contribution in [0.25, 0.3) is 11.1 Å². The standard InChI is InChI=1S/C54H77N4/c1-9-10-11-12-13-14-15-16-17-18-19-20-21-22-23-26-44-58(8)54-31-25-24-28-53(54)52(47-36-42-50(43-37-47)57(6)7)30-27-29-51(45-32-38-48(39-33-45)55(2)3)46-34-40-49(41-35-46)56(4)5/h24-25,27-43H,9-23,26,44H2,1-8H3/q+1. The fraction of sp³-hybridized carbons (Fsp3) is 0.463. The topological polar surface area (TPSA) is 12.7 Å². The lowest BCUT2D eigenvalue weighted by atomic mass is 9.92. The lowest BCUT2D eigenvalue weighted by Gasteiger charge is -2.16. The van der Waals surface area contributed by atoms with Gasteiger partial charge in [-0.25, -0.2) is 4.58 Å². The molecular formula is C54H77N4+. The van der Waals surface area contributed by atoms with Gasteiger partial charge < -0.3 is 14.7 Å². The van der Waals surface area contributed by atoms with Crippen LogP contribution in [-0.2, 0) is 0 Å². The molecule has 4 rings (SSSR count). The Hall–Kier alpha value is -4.57. The Morgan fingerprint density at radius 3 is 1.28 bits per heavy atom. The first-order valence-corrected chi connectivity index (χ1v) is 22.6. The molecule has 312 valence electrons. The number of unbranched alkanes of at least 4 members (excludes halogenated alkanes) is 15. The maximum Gasteiger partial charge on any atom is 0.207 e. The molecule has 0 atom stereocenters. The van der Waals surface area contributed by atoms with E-state index in [0.29, 0.717) is 0 Å². The quantitative estimate of drug-likeness (QED) is 0.0483. The van der Waals surface area contributed by atoms with Crippen molar-refractivity contribution in [1.82, 2.24) is 0 Å². The van der Waals surface area contributed by atoms with E-state index in [4.69, 9.17) is 0 Å². The molecule has 0 aliphatic heterocycles. The van der Waals surface area contributed by atoms with Gasteiger partial charge in [-0.2, -0.15) is 0 Å². The predicted molar refractivity (Wildman–Crippen MR) is 259 cm³/mol. The molecule has 0 unspecified atom stereocenters.